The number of H-pyrrole nitrogens is 1. The summed E-state index contributed by atoms with van der Waals surface area (Å²) < 4.78 is 0. The first kappa shape index (κ1) is 11.8. The molecule has 1 aliphatic carbocycles. The Balaban J connectivity index is 1.90. The first-order valence-corrected chi connectivity index (χ1v) is 6.57. The Bertz CT molecular complexity index is 902. The summed E-state index contributed by atoms with van der Waals surface area (Å²) in [5.41, 5.74) is 2.75. The molecule has 0 radical (unpaired) electrons. The molecule has 0 atom stereocenters. The number of para-hydroxylation sites is 1. The quantitative estimate of drug-likeness (QED) is 0.742. The summed E-state index contributed by atoms with van der Waals surface area (Å²) in [6.45, 7) is 0. The minimum atomic E-state index is -0.177. The number of pyridine rings is 1. The van der Waals surface area contributed by atoms with Crippen LogP contribution in [0, 0.1) is 0 Å². The molecule has 2 aromatic heterocycles. The summed E-state index contributed by atoms with van der Waals surface area (Å²) in [5.74, 6) is -0.343. The molecule has 0 fully saturated rings. The van der Waals surface area contributed by atoms with Crippen LogP contribution in [0.4, 0.5) is 0 Å². The number of nitrogens with zero attached hydrogens (tertiary/aromatic N) is 1. The SMILES string of the molecule is O=C1C=C(c2cc3ccccc3[nH]2)C(=O)c2cnccc21. The second-order valence-corrected chi connectivity index (χ2v) is 4.94. The smallest absolute Gasteiger partial charge is 0.197 e. The van der Waals surface area contributed by atoms with Crippen molar-refractivity contribution < 1.29 is 9.59 Å². The molecule has 4 rings (SSSR count). The molecule has 0 spiro atoms. The fourth-order valence-corrected chi connectivity index (χ4v) is 2.63. The maximum atomic E-state index is 12.6. The standard InChI is InChI=1S/C17H10N2O2/c20-16-8-12(17(21)13-9-18-6-5-11(13)16)15-7-10-3-1-2-4-14(10)19-15/h1-9,19H. The van der Waals surface area contributed by atoms with Crippen LogP contribution in [-0.2, 0) is 0 Å². The van der Waals surface area contributed by atoms with Crippen molar-refractivity contribution in [2.24, 2.45) is 0 Å². The van der Waals surface area contributed by atoms with Crippen LogP contribution in [0.2, 0.25) is 0 Å². The van der Waals surface area contributed by atoms with E-state index in [1.165, 1.54) is 18.5 Å². The molecule has 100 valence electrons. The highest BCUT2D eigenvalue weighted by Crippen LogP contribution is 2.28. The van der Waals surface area contributed by atoms with Crippen molar-refractivity contribution in [2.75, 3.05) is 0 Å². The van der Waals surface area contributed by atoms with Crippen LogP contribution in [0.1, 0.15) is 26.4 Å². The van der Waals surface area contributed by atoms with Gasteiger partial charge in [0.05, 0.1) is 16.8 Å². The molecule has 0 unspecified atom stereocenters. The van der Waals surface area contributed by atoms with E-state index >= 15 is 0 Å². The minimum Gasteiger partial charge on any atom is -0.354 e. The van der Waals surface area contributed by atoms with Gasteiger partial charge in [0.25, 0.3) is 0 Å². The Morgan fingerprint density at radius 1 is 1.00 bits per heavy atom. The van der Waals surface area contributed by atoms with Gasteiger partial charge in [-0.1, -0.05) is 18.2 Å². The third-order valence-electron chi connectivity index (χ3n) is 3.67. The highest BCUT2D eigenvalue weighted by atomic mass is 16.1. The molecule has 0 saturated heterocycles. The van der Waals surface area contributed by atoms with E-state index in [1.807, 2.05) is 30.3 Å². The molecular formula is C17H10N2O2. The predicted octanol–water partition coefficient (Wildman–Crippen LogP) is 3.03. The highest BCUT2D eigenvalue weighted by Gasteiger charge is 2.27. The molecule has 1 aromatic carbocycles. The molecule has 3 aromatic rings. The molecule has 1 aliphatic rings. The van der Waals surface area contributed by atoms with Crippen LogP contribution in [0.5, 0.6) is 0 Å². The van der Waals surface area contributed by atoms with Crippen molar-refractivity contribution in [1.82, 2.24) is 9.97 Å². The lowest BCUT2D eigenvalue weighted by Crippen LogP contribution is -2.16. The third kappa shape index (κ3) is 1.73. The lowest BCUT2D eigenvalue weighted by atomic mass is 9.89. The summed E-state index contributed by atoms with van der Waals surface area (Å²) in [6, 6.07) is 11.2. The Kier molecular flexibility index (Phi) is 2.38. The van der Waals surface area contributed by atoms with E-state index in [9.17, 15) is 9.59 Å². The molecule has 4 heteroatoms. The van der Waals surface area contributed by atoms with Crippen LogP contribution >= 0.6 is 0 Å². The van der Waals surface area contributed by atoms with Crippen molar-refractivity contribution in [3.8, 4) is 0 Å². The van der Waals surface area contributed by atoms with Crippen LogP contribution in [0.25, 0.3) is 16.5 Å². The second-order valence-electron chi connectivity index (χ2n) is 4.94. The number of aromatic amines is 1. The molecule has 21 heavy (non-hydrogen) atoms. The number of hydrogen-bond acceptors (Lipinski definition) is 3. The Morgan fingerprint density at radius 3 is 2.71 bits per heavy atom. The number of allylic oxidation sites excluding steroid dienone is 2. The van der Waals surface area contributed by atoms with Gasteiger partial charge in [-0.2, -0.15) is 0 Å². The lowest BCUT2D eigenvalue weighted by Gasteiger charge is -2.13. The Hall–Kier alpha value is -3.01. The van der Waals surface area contributed by atoms with Crippen molar-refractivity contribution in [3.63, 3.8) is 0 Å². The zero-order chi connectivity index (χ0) is 14.4. The first-order valence-electron chi connectivity index (χ1n) is 6.57. The molecule has 1 N–H and O–H groups in total. The molecule has 0 saturated carbocycles. The van der Waals surface area contributed by atoms with E-state index < -0.39 is 0 Å². The van der Waals surface area contributed by atoms with Gasteiger partial charge in [-0.05, 0) is 24.3 Å². The summed E-state index contributed by atoms with van der Waals surface area (Å²) in [4.78, 5) is 31.8. The number of carbonyl (C=O) groups excluding carboxylic acids is 2. The van der Waals surface area contributed by atoms with Gasteiger partial charge >= 0.3 is 0 Å². The van der Waals surface area contributed by atoms with Gasteiger partial charge < -0.3 is 4.98 Å². The summed E-state index contributed by atoms with van der Waals surface area (Å²) in [7, 11) is 0. The van der Waals surface area contributed by atoms with E-state index in [2.05, 4.69) is 9.97 Å². The largest absolute Gasteiger partial charge is 0.354 e. The van der Waals surface area contributed by atoms with Gasteiger partial charge in [-0.3, -0.25) is 14.6 Å². The maximum Gasteiger partial charge on any atom is 0.197 e. The molecule has 4 nitrogen and oxygen atoms in total. The average molecular weight is 274 g/mol. The van der Waals surface area contributed by atoms with Gasteiger partial charge in [0.15, 0.2) is 11.6 Å². The van der Waals surface area contributed by atoms with Crippen LogP contribution in [0.15, 0.2) is 54.9 Å². The number of nitrogens with one attached hydrogen (secondary N) is 1. The van der Waals surface area contributed by atoms with E-state index in [-0.39, 0.29) is 11.6 Å². The first-order chi connectivity index (χ1) is 10.2. The summed E-state index contributed by atoms with van der Waals surface area (Å²) >= 11 is 0. The fraction of sp³-hybridized carbons (Fsp3) is 0. The maximum absolute atomic E-state index is 12.6. The van der Waals surface area contributed by atoms with Crippen LogP contribution < -0.4 is 0 Å². The summed E-state index contributed by atoms with van der Waals surface area (Å²) in [5, 5.41) is 1.01. The van der Waals surface area contributed by atoms with Gasteiger partial charge in [0, 0.05) is 28.9 Å². The number of ketones is 2. The monoisotopic (exact) mass is 274 g/mol. The number of fused-ring (bicyclic) bond motifs is 2. The van der Waals surface area contributed by atoms with Crippen LogP contribution in [0.3, 0.4) is 0 Å². The number of carbonyl (C=O) groups is 2. The van der Waals surface area contributed by atoms with Crippen molar-refractivity contribution in [3.05, 3.63) is 71.7 Å². The van der Waals surface area contributed by atoms with Gasteiger partial charge in [0.1, 0.15) is 0 Å². The van der Waals surface area contributed by atoms with Gasteiger partial charge in [0.2, 0.25) is 0 Å². The predicted molar refractivity (Wildman–Crippen MR) is 79.2 cm³/mol. The van der Waals surface area contributed by atoms with Crippen LogP contribution in [-0.4, -0.2) is 21.5 Å². The van der Waals surface area contributed by atoms with Crippen molar-refractivity contribution in [2.45, 2.75) is 0 Å². The number of rotatable bonds is 1. The van der Waals surface area contributed by atoms with Gasteiger partial charge in [-0.25, -0.2) is 0 Å². The topological polar surface area (TPSA) is 62.8 Å². The molecule has 2 heterocycles. The molecular weight excluding hydrogens is 264 g/mol. The summed E-state index contributed by atoms with van der Waals surface area (Å²) in [6.07, 6.45) is 4.37. The average Bonchev–Trinajstić information content (AvgIpc) is 2.94. The number of benzene rings is 1. The zero-order valence-electron chi connectivity index (χ0n) is 11.0. The second kappa shape index (κ2) is 4.24. The Morgan fingerprint density at radius 2 is 1.86 bits per heavy atom. The number of hydrogen-bond donors (Lipinski definition) is 1. The normalized spacial score (nSPS) is 14.2. The number of Topliss-reactive ketones (excluding diaryl/α,β-unsaturated/α-hetero) is 1. The van der Waals surface area contributed by atoms with E-state index in [4.69, 9.17) is 0 Å². The Labute approximate surface area is 120 Å². The minimum absolute atomic E-state index is 0.166. The zero-order valence-corrected chi connectivity index (χ0v) is 11.0. The van der Waals surface area contributed by atoms with E-state index in [0.29, 0.717) is 22.4 Å². The third-order valence-corrected chi connectivity index (χ3v) is 3.67. The molecule has 0 amide bonds. The number of aromatic nitrogens is 2. The fourth-order valence-electron chi connectivity index (χ4n) is 2.63. The highest BCUT2D eigenvalue weighted by molar-refractivity contribution is 6.38. The van der Waals surface area contributed by atoms with E-state index in [0.717, 1.165) is 10.9 Å². The van der Waals surface area contributed by atoms with E-state index in [1.54, 1.807) is 6.07 Å². The lowest BCUT2D eigenvalue weighted by molar-refractivity contribution is 0.100. The van der Waals surface area contributed by atoms with Gasteiger partial charge in [-0.15, -0.1) is 0 Å². The van der Waals surface area contributed by atoms with Crippen molar-refractivity contribution in [1.29, 1.82) is 0 Å². The molecule has 0 aliphatic heterocycles. The van der Waals surface area contributed by atoms with Crippen molar-refractivity contribution >= 4 is 28.0 Å². The molecule has 0 bridgehead atoms.